The summed E-state index contributed by atoms with van der Waals surface area (Å²) in [6.07, 6.45) is 0.596. The minimum atomic E-state index is -3.79. The van der Waals surface area contributed by atoms with Gasteiger partial charge in [0.15, 0.2) is 0 Å². The van der Waals surface area contributed by atoms with Gasteiger partial charge >= 0.3 is 5.97 Å². The predicted octanol–water partition coefficient (Wildman–Crippen LogP) is 2.94. The molecule has 2 N–H and O–H groups in total. The van der Waals surface area contributed by atoms with E-state index in [9.17, 15) is 18.0 Å². The maximum Gasteiger partial charge on any atom is 0.338 e. The highest BCUT2D eigenvalue weighted by molar-refractivity contribution is 7.92. The van der Waals surface area contributed by atoms with Gasteiger partial charge in [-0.25, -0.2) is 13.2 Å². The van der Waals surface area contributed by atoms with E-state index in [4.69, 9.17) is 4.74 Å². The summed E-state index contributed by atoms with van der Waals surface area (Å²) in [5.74, 6) is -0.538. The largest absolute Gasteiger partial charge is 0.459 e. The van der Waals surface area contributed by atoms with Crippen LogP contribution < -0.4 is 10.0 Å². The van der Waals surface area contributed by atoms with E-state index in [2.05, 4.69) is 10.0 Å². The van der Waals surface area contributed by atoms with E-state index in [0.29, 0.717) is 29.8 Å². The molecule has 27 heavy (non-hydrogen) atoms. The highest BCUT2D eigenvalue weighted by Gasteiger charge is 2.20. The topological polar surface area (TPSA) is 102 Å². The van der Waals surface area contributed by atoms with Crippen LogP contribution in [0.1, 0.15) is 36.2 Å². The van der Waals surface area contributed by atoms with Gasteiger partial charge in [0.05, 0.1) is 16.6 Å². The standard InChI is InChI=1S/C19H20N2O5S/c1-12(2)26-19(23)13-3-6-15(7-4-13)21-27(24,25)16-8-9-17-14(11-16)5-10-18(22)20-17/h3-4,6-9,11-12,21H,5,10H2,1-2H3,(H,20,22). The molecule has 0 aliphatic carbocycles. The molecule has 3 rings (SSSR count). The number of carbonyl (C=O) groups excluding carboxylic acids is 2. The Bertz CT molecular complexity index is 982. The number of carbonyl (C=O) groups is 2. The van der Waals surface area contributed by atoms with E-state index in [1.807, 2.05) is 0 Å². The Balaban J connectivity index is 1.77. The van der Waals surface area contributed by atoms with Crippen molar-refractivity contribution in [2.24, 2.45) is 0 Å². The summed E-state index contributed by atoms with van der Waals surface area (Å²) in [4.78, 5) is 23.4. The van der Waals surface area contributed by atoms with Gasteiger partial charge in [-0.1, -0.05) is 0 Å². The molecule has 0 fully saturated rings. The molecule has 0 aromatic heterocycles. The monoisotopic (exact) mass is 388 g/mol. The molecular formula is C19H20N2O5S. The van der Waals surface area contributed by atoms with Crippen LogP contribution >= 0.6 is 0 Å². The highest BCUT2D eigenvalue weighted by atomic mass is 32.2. The number of rotatable bonds is 5. The van der Waals surface area contributed by atoms with Crippen LogP contribution in [0.5, 0.6) is 0 Å². The maximum absolute atomic E-state index is 12.6. The number of nitrogens with one attached hydrogen (secondary N) is 2. The lowest BCUT2D eigenvalue weighted by molar-refractivity contribution is -0.116. The first kappa shape index (κ1) is 18.9. The second-order valence-electron chi connectivity index (χ2n) is 6.50. The molecule has 0 saturated heterocycles. The zero-order valence-corrected chi connectivity index (χ0v) is 15.8. The van der Waals surface area contributed by atoms with Gasteiger partial charge in [-0.05, 0) is 68.3 Å². The van der Waals surface area contributed by atoms with Crippen LogP contribution in [0, 0.1) is 0 Å². The van der Waals surface area contributed by atoms with Gasteiger partial charge in [0.25, 0.3) is 10.0 Å². The van der Waals surface area contributed by atoms with Crippen molar-refractivity contribution in [3.05, 3.63) is 53.6 Å². The summed E-state index contributed by atoms with van der Waals surface area (Å²) in [5, 5.41) is 2.72. The molecule has 8 heteroatoms. The average molecular weight is 388 g/mol. The van der Waals surface area contributed by atoms with Crippen molar-refractivity contribution in [3.63, 3.8) is 0 Å². The molecule has 0 bridgehead atoms. The Morgan fingerprint density at radius 3 is 2.48 bits per heavy atom. The van der Waals surface area contributed by atoms with E-state index >= 15 is 0 Å². The Morgan fingerprint density at radius 1 is 1.11 bits per heavy atom. The van der Waals surface area contributed by atoms with Crippen molar-refractivity contribution < 1.29 is 22.7 Å². The fourth-order valence-electron chi connectivity index (χ4n) is 2.70. The van der Waals surface area contributed by atoms with Gasteiger partial charge in [-0.15, -0.1) is 0 Å². The minimum absolute atomic E-state index is 0.0766. The molecule has 0 radical (unpaired) electrons. The molecule has 1 heterocycles. The van der Waals surface area contributed by atoms with Crippen LogP contribution in [0.15, 0.2) is 47.4 Å². The Hall–Kier alpha value is -2.87. The molecule has 1 aliphatic heterocycles. The van der Waals surface area contributed by atoms with Gasteiger partial charge in [-0.3, -0.25) is 9.52 Å². The lowest BCUT2D eigenvalue weighted by Gasteiger charge is -2.18. The lowest BCUT2D eigenvalue weighted by atomic mass is 10.0. The number of ether oxygens (including phenoxy) is 1. The Morgan fingerprint density at radius 2 is 1.81 bits per heavy atom. The Kier molecular flexibility index (Phi) is 5.18. The fraction of sp³-hybridized carbons (Fsp3) is 0.263. The van der Waals surface area contributed by atoms with Gasteiger partial charge in [0.2, 0.25) is 5.91 Å². The Labute approximate surface area is 157 Å². The predicted molar refractivity (Wildman–Crippen MR) is 101 cm³/mol. The van der Waals surface area contributed by atoms with Crippen molar-refractivity contribution in [2.75, 3.05) is 10.0 Å². The van der Waals surface area contributed by atoms with Crippen LogP contribution in [-0.4, -0.2) is 26.4 Å². The molecule has 0 unspecified atom stereocenters. The number of hydrogen-bond acceptors (Lipinski definition) is 5. The fourth-order valence-corrected chi connectivity index (χ4v) is 3.81. The third-order valence-corrected chi connectivity index (χ3v) is 5.38. The second-order valence-corrected chi connectivity index (χ2v) is 8.19. The number of benzene rings is 2. The third kappa shape index (κ3) is 4.46. The molecule has 1 aliphatic rings. The molecule has 1 amide bonds. The first-order chi connectivity index (χ1) is 12.7. The van der Waals surface area contributed by atoms with Crippen LogP contribution in [0.25, 0.3) is 0 Å². The van der Waals surface area contributed by atoms with Crippen molar-refractivity contribution in [3.8, 4) is 0 Å². The minimum Gasteiger partial charge on any atom is -0.459 e. The van der Waals surface area contributed by atoms with Gasteiger partial charge < -0.3 is 10.1 Å². The van der Waals surface area contributed by atoms with E-state index in [1.54, 1.807) is 26.0 Å². The van der Waals surface area contributed by atoms with Crippen molar-refractivity contribution >= 4 is 33.3 Å². The number of aryl methyl sites for hydroxylation is 1. The number of amides is 1. The SMILES string of the molecule is CC(C)OC(=O)c1ccc(NS(=O)(=O)c2ccc3c(c2)CCC(=O)N3)cc1. The molecule has 142 valence electrons. The molecule has 2 aromatic carbocycles. The van der Waals surface area contributed by atoms with Crippen molar-refractivity contribution in [1.82, 2.24) is 0 Å². The van der Waals surface area contributed by atoms with Crippen molar-refractivity contribution in [2.45, 2.75) is 37.7 Å². The van der Waals surface area contributed by atoms with Gasteiger partial charge in [0, 0.05) is 17.8 Å². The molecule has 0 saturated carbocycles. The van der Waals surface area contributed by atoms with E-state index in [-0.39, 0.29) is 16.9 Å². The van der Waals surface area contributed by atoms with E-state index < -0.39 is 16.0 Å². The highest BCUT2D eigenvalue weighted by Crippen LogP contribution is 2.26. The number of anilines is 2. The van der Waals surface area contributed by atoms with Gasteiger partial charge in [0.1, 0.15) is 0 Å². The van der Waals surface area contributed by atoms with E-state index in [1.165, 1.54) is 30.3 Å². The second kappa shape index (κ2) is 7.40. The summed E-state index contributed by atoms with van der Waals surface area (Å²) in [7, 11) is -3.79. The first-order valence-corrected chi connectivity index (χ1v) is 9.99. The summed E-state index contributed by atoms with van der Waals surface area (Å²) in [5.41, 5.74) is 2.10. The first-order valence-electron chi connectivity index (χ1n) is 8.51. The zero-order valence-electron chi connectivity index (χ0n) is 15.0. The average Bonchev–Trinajstić information content (AvgIpc) is 2.61. The molecule has 7 nitrogen and oxygen atoms in total. The van der Waals surface area contributed by atoms with Gasteiger partial charge in [-0.2, -0.15) is 0 Å². The van der Waals surface area contributed by atoms with E-state index in [0.717, 1.165) is 5.56 Å². The summed E-state index contributed by atoms with van der Waals surface area (Å²) in [6.45, 7) is 3.51. The zero-order chi connectivity index (χ0) is 19.6. The number of fused-ring (bicyclic) bond motifs is 1. The maximum atomic E-state index is 12.6. The van der Waals surface area contributed by atoms with Crippen LogP contribution in [0.2, 0.25) is 0 Å². The lowest BCUT2D eigenvalue weighted by Crippen LogP contribution is -2.20. The number of esters is 1. The van der Waals surface area contributed by atoms with Crippen LogP contribution in [-0.2, 0) is 26.0 Å². The van der Waals surface area contributed by atoms with Crippen LogP contribution in [0.4, 0.5) is 11.4 Å². The third-order valence-electron chi connectivity index (χ3n) is 4.00. The molecular weight excluding hydrogens is 368 g/mol. The summed E-state index contributed by atoms with van der Waals surface area (Å²) >= 11 is 0. The smallest absolute Gasteiger partial charge is 0.338 e. The quantitative estimate of drug-likeness (QED) is 0.767. The number of hydrogen-bond donors (Lipinski definition) is 2. The molecule has 0 spiro atoms. The normalized spacial score (nSPS) is 13.7. The molecule has 2 aromatic rings. The molecule has 0 atom stereocenters. The summed E-state index contributed by atoms with van der Waals surface area (Å²) < 4.78 is 32.8. The van der Waals surface area contributed by atoms with Crippen LogP contribution in [0.3, 0.4) is 0 Å². The summed E-state index contributed by atoms with van der Waals surface area (Å²) in [6, 6.07) is 10.6. The van der Waals surface area contributed by atoms with Crippen molar-refractivity contribution in [1.29, 1.82) is 0 Å². The number of sulfonamides is 1.